The summed E-state index contributed by atoms with van der Waals surface area (Å²) < 4.78 is 0. The molecule has 1 aliphatic rings. The van der Waals surface area contributed by atoms with Crippen LogP contribution < -0.4 is 5.32 Å². The molecule has 4 heteroatoms. The Hall–Kier alpha value is -1.77. The van der Waals surface area contributed by atoms with Crippen LogP contribution in [0, 0.1) is 0 Å². The zero-order valence-electron chi connectivity index (χ0n) is 12.6. The van der Waals surface area contributed by atoms with E-state index in [1.807, 2.05) is 42.5 Å². The van der Waals surface area contributed by atoms with Crippen molar-refractivity contribution in [2.75, 3.05) is 5.32 Å². The first kappa shape index (κ1) is 16.1. The van der Waals surface area contributed by atoms with Gasteiger partial charge >= 0.3 is 0 Å². The fourth-order valence-electron chi connectivity index (χ4n) is 3.22. The fourth-order valence-corrected chi connectivity index (χ4v) is 3.59. The summed E-state index contributed by atoms with van der Waals surface area (Å²) >= 11 is 12.2. The lowest BCUT2D eigenvalue weighted by Crippen LogP contribution is -2.19. The molecule has 3 rings (SSSR count). The average Bonchev–Trinajstić information content (AvgIpc) is 2.83. The van der Waals surface area contributed by atoms with Gasteiger partial charge in [-0.1, -0.05) is 47.5 Å². The number of benzene rings is 2. The number of anilines is 1. The summed E-state index contributed by atoms with van der Waals surface area (Å²) in [6.07, 6.45) is 3.56. The molecular weight excluding hydrogens is 329 g/mol. The SMILES string of the molecule is C=CCC[C@@H](c1cccc(Cl)c1)[C@H]1C(=O)Nc2cc(Cl)ccc21. The molecule has 0 spiro atoms. The molecule has 2 nitrogen and oxygen atoms in total. The van der Waals surface area contributed by atoms with E-state index in [0.29, 0.717) is 10.0 Å². The van der Waals surface area contributed by atoms with Crippen LogP contribution in [0.1, 0.15) is 35.8 Å². The largest absolute Gasteiger partial charge is 0.325 e. The molecule has 0 saturated heterocycles. The smallest absolute Gasteiger partial charge is 0.232 e. The molecule has 23 heavy (non-hydrogen) atoms. The molecule has 1 aliphatic heterocycles. The molecule has 2 aromatic rings. The Morgan fingerprint density at radius 3 is 2.70 bits per heavy atom. The van der Waals surface area contributed by atoms with E-state index in [9.17, 15) is 4.79 Å². The molecule has 0 aromatic heterocycles. The number of halogens is 2. The second-order valence-electron chi connectivity index (χ2n) is 5.73. The summed E-state index contributed by atoms with van der Waals surface area (Å²) in [6, 6.07) is 13.3. The van der Waals surface area contributed by atoms with Crippen LogP contribution in [0.3, 0.4) is 0 Å². The molecular formula is C19H17Cl2NO. The first-order valence-corrected chi connectivity index (χ1v) is 8.32. The third-order valence-electron chi connectivity index (χ3n) is 4.25. The Balaban J connectivity index is 2.03. The van der Waals surface area contributed by atoms with Crippen molar-refractivity contribution in [3.8, 4) is 0 Å². The highest BCUT2D eigenvalue weighted by atomic mass is 35.5. The zero-order valence-corrected chi connectivity index (χ0v) is 14.1. The minimum atomic E-state index is -0.235. The van der Waals surface area contributed by atoms with E-state index in [1.54, 1.807) is 6.07 Å². The van der Waals surface area contributed by atoms with E-state index < -0.39 is 0 Å². The fraction of sp³-hybridized carbons (Fsp3) is 0.211. The molecule has 2 atom stereocenters. The monoisotopic (exact) mass is 345 g/mol. The molecule has 0 saturated carbocycles. The zero-order chi connectivity index (χ0) is 16.4. The van der Waals surface area contributed by atoms with Crippen LogP contribution >= 0.6 is 23.2 Å². The molecule has 1 amide bonds. The number of carbonyl (C=O) groups is 1. The van der Waals surface area contributed by atoms with Crippen molar-refractivity contribution in [1.82, 2.24) is 0 Å². The Morgan fingerprint density at radius 1 is 1.17 bits per heavy atom. The maximum atomic E-state index is 12.6. The van der Waals surface area contributed by atoms with Crippen LogP contribution in [-0.2, 0) is 4.79 Å². The van der Waals surface area contributed by atoms with Crippen molar-refractivity contribution >= 4 is 34.8 Å². The van der Waals surface area contributed by atoms with Crippen molar-refractivity contribution in [1.29, 1.82) is 0 Å². The summed E-state index contributed by atoms with van der Waals surface area (Å²) in [5, 5.41) is 4.25. The minimum absolute atomic E-state index is 0.0105. The highest BCUT2D eigenvalue weighted by Gasteiger charge is 2.37. The third-order valence-corrected chi connectivity index (χ3v) is 4.72. The first-order valence-electron chi connectivity index (χ1n) is 7.57. The number of hydrogen-bond acceptors (Lipinski definition) is 1. The van der Waals surface area contributed by atoms with E-state index in [-0.39, 0.29) is 17.7 Å². The summed E-state index contributed by atoms with van der Waals surface area (Å²) in [4.78, 5) is 12.6. The van der Waals surface area contributed by atoms with Crippen molar-refractivity contribution < 1.29 is 4.79 Å². The molecule has 0 bridgehead atoms. The number of carbonyl (C=O) groups excluding carboxylic acids is 1. The summed E-state index contributed by atoms with van der Waals surface area (Å²) in [7, 11) is 0. The van der Waals surface area contributed by atoms with Crippen molar-refractivity contribution in [3.63, 3.8) is 0 Å². The van der Waals surface area contributed by atoms with Gasteiger partial charge in [0.1, 0.15) is 0 Å². The van der Waals surface area contributed by atoms with Gasteiger partial charge in [-0.25, -0.2) is 0 Å². The van der Waals surface area contributed by atoms with Gasteiger partial charge in [-0.05, 0) is 54.2 Å². The quantitative estimate of drug-likeness (QED) is 0.683. The highest BCUT2D eigenvalue weighted by molar-refractivity contribution is 6.31. The Kier molecular flexibility index (Phi) is 4.74. The second kappa shape index (κ2) is 6.77. The molecule has 2 aromatic carbocycles. The maximum absolute atomic E-state index is 12.6. The number of amides is 1. The third kappa shape index (κ3) is 3.29. The number of hydrogen-bond donors (Lipinski definition) is 1. The van der Waals surface area contributed by atoms with Crippen LogP contribution in [0.5, 0.6) is 0 Å². The highest BCUT2D eigenvalue weighted by Crippen LogP contribution is 2.45. The van der Waals surface area contributed by atoms with Gasteiger partial charge in [0.25, 0.3) is 0 Å². The lowest BCUT2D eigenvalue weighted by Gasteiger charge is -2.23. The van der Waals surface area contributed by atoms with Gasteiger partial charge in [0, 0.05) is 15.7 Å². The predicted octanol–water partition coefficient (Wildman–Crippen LogP) is 5.78. The average molecular weight is 346 g/mol. The normalized spacial score (nSPS) is 17.5. The van der Waals surface area contributed by atoms with Gasteiger partial charge in [0.05, 0.1) is 5.92 Å². The minimum Gasteiger partial charge on any atom is -0.325 e. The number of nitrogens with one attached hydrogen (secondary N) is 1. The van der Waals surface area contributed by atoms with Gasteiger partial charge < -0.3 is 5.32 Å². The summed E-state index contributed by atoms with van der Waals surface area (Å²) in [5.74, 6) is -0.175. The van der Waals surface area contributed by atoms with E-state index in [2.05, 4.69) is 11.9 Å². The van der Waals surface area contributed by atoms with Crippen LogP contribution in [0.15, 0.2) is 55.1 Å². The van der Waals surface area contributed by atoms with E-state index in [1.165, 1.54) is 0 Å². The van der Waals surface area contributed by atoms with Gasteiger partial charge in [-0.3, -0.25) is 4.79 Å². The van der Waals surface area contributed by atoms with Gasteiger partial charge in [0.2, 0.25) is 5.91 Å². The van der Waals surface area contributed by atoms with Crippen molar-refractivity contribution in [2.45, 2.75) is 24.7 Å². The molecule has 0 fully saturated rings. The van der Waals surface area contributed by atoms with Gasteiger partial charge in [-0.2, -0.15) is 0 Å². The van der Waals surface area contributed by atoms with E-state index in [4.69, 9.17) is 23.2 Å². The van der Waals surface area contributed by atoms with E-state index in [0.717, 1.165) is 29.7 Å². The van der Waals surface area contributed by atoms with Crippen molar-refractivity contribution in [3.05, 3.63) is 76.3 Å². The molecule has 1 N–H and O–H groups in total. The summed E-state index contributed by atoms with van der Waals surface area (Å²) in [5.41, 5.74) is 2.87. The van der Waals surface area contributed by atoms with Crippen LogP contribution in [-0.4, -0.2) is 5.91 Å². The Morgan fingerprint density at radius 2 is 1.96 bits per heavy atom. The van der Waals surface area contributed by atoms with Crippen LogP contribution in [0.25, 0.3) is 0 Å². The maximum Gasteiger partial charge on any atom is 0.232 e. The number of rotatable bonds is 5. The second-order valence-corrected chi connectivity index (χ2v) is 6.60. The molecule has 1 heterocycles. The predicted molar refractivity (Wildman–Crippen MR) is 96.4 cm³/mol. The number of fused-ring (bicyclic) bond motifs is 1. The van der Waals surface area contributed by atoms with Gasteiger partial charge in [0.15, 0.2) is 0 Å². The van der Waals surface area contributed by atoms with E-state index >= 15 is 0 Å². The first-order chi connectivity index (χ1) is 11.1. The standard InChI is InChI=1S/C19H17Cl2NO/c1-2-3-7-15(12-5-4-6-13(20)10-12)18-16-9-8-14(21)11-17(16)22-19(18)23/h2,4-6,8-11,15,18H,1,3,7H2,(H,22,23)/t15-,18+/m0/s1. The molecule has 0 aliphatic carbocycles. The van der Waals surface area contributed by atoms with Crippen LogP contribution in [0.4, 0.5) is 5.69 Å². The molecule has 118 valence electrons. The van der Waals surface area contributed by atoms with Gasteiger partial charge in [-0.15, -0.1) is 6.58 Å². The Bertz CT molecular complexity index is 757. The number of allylic oxidation sites excluding steroid dienone is 1. The lowest BCUT2D eigenvalue weighted by atomic mass is 9.79. The Labute approximate surface area is 146 Å². The topological polar surface area (TPSA) is 29.1 Å². The molecule has 0 radical (unpaired) electrons. The lowest BCUT2D eigenvalue weighted by molar-refractivity contribution is -0.117. The van der Waals surface area contributed by atoms with Crippen molar-refractivity contribution in [2.24, 2.45) is 0 Å². The molecule has 0 unspecified atom stereocenters. The summed E-state index contributed by atoms with van der Waals surface area (Å²) in [6.45, 7) is 3.80. The van der Waals surface area contributed by atoms with Crippen LogP contribution in [0.2, 0.25) is 10.0 Å².